The Morgan fingerprint density at radius 2 is 1.61 bits per heavy atom. The first kappa shape index (κ1) is 32.5. The van der Waals surface area contributed by atoms with E-state index in [1.807, 2.05) is 6.07 Å². The molecule has 0 radical (unpaired) electrons. The number of hydrazone groups is 1. The minimum Gasteiger partial charge on any atom is -0.493 e. The fraction of sp³-hybridized carbons (Fsp3) is 0.344. The van der Waals surface area contributed by atoms with Gasteiger partial charge < -0.3 is 19.5 Å². The maximum Gasteiger partial charge on any atom is 0.258 e. The van der Waals surface area contributed by atoms with Gasteiger partial charge in [-0.15, -0.1) is 0 Å². The van der Waals surface area contributed by atoms with Gasteiger partial charge in [0.25, 0.3) is 11.8 Å². The topological polar surface area (TPSA) is 136 Å². The van der Waals surface area contributed by atoms with Crippen molar-refractivity contribution in [2.24, 2.45) is 5.10 Å². The van der Waals surface area contributed by atoms with Gasteiger partial charge in [-0.1, -0.05) is 49.6 Å². The molecular weight excluding hydrogens is 584 g/mol. The molecule has 11 nitrogen and oxygen atoms in total. The van der Waals surface area contributed by atoms with Crippen molar-refractivity contribution in [2.45, 2.75) is 49.6 Å². The van der Waals surface area contributed by atoms with Crippen molar-refractivity contribution in [2.75, 3.05) is 27.4 Å². The Hall–Kier alpha value is -4.42. The summed E-state index contributed by atoms with van der Waals surface area (Å²) < 4.78 is 44.4. The molecule has 0 unspecified atom stereocenters. The average molecular weight is 623 g/mol. The zero-order valence-corrected chi connectivity index (χ0v) is 25.7. The number of nitrogens with zero attached hydrogens (tertiary/aromatic N) is 2. The van der Waals surface area contributed by atoms with Crippen LogP contribution in [0.2, 0.25) is 0 Å². The van der Waals surface area contributed by atoms with Crippen molar-refractivity contribution in [1.29, 1.82) is 0 Å². The summed E-state index contributed by atoms with van der Waals surface area (Å²) in [7, 11) is -1.24. The molecule has 0 atom stereocenters. The highest BCUT2D eigenvalue weighted by molar-refractivity contribution is 7.89. The molecule has 1 aliphatic carbocycles. The summed E-state index contributed by atoms with van der Waals surface area (Å²) in [4.78, 5) is 25.0. The van der Waals surface area contributed by atoms with Crippen molar-refractivity contribution in [1.82, 2.24) is 15.0 Å². The highest BCUT2D eigenvalue weighted by Crippen LogP contribution is 2.31. The maximum atomic E-state index is 13.6. The van der Waals surface area contributed by atoms with E-state index in [0.29, 0.717) is 22.6 Å². The van der Waals surface area contributed by atoms with E-state index < -0.39 is 22.5 Å². The normalized spacial score (nSPS) is 13.9. The van der Waals surface area contributed by atoms with Crippen LogP contribution in [0.3, 0.4) is 0 Å². The van der Waals surface area contributed by atoms with Gasteiger partial charge in [0.05, 0.1) is 31.9 Å². The molecule has 0 spiro atoms. The van der Waals surface area contributed by atoms with E-state index in [1.54, 1.807) is 48.5 Å². The number of amides is 2. The molecule has 2 N–H and O–H groups in total. The number of carbonyl (C=O) groups is 2. The summed E-state index contributed by atoms with van der Waals surface area (Å²) in [5.74, 6) is 0.404. The second kappa shape index (κ2) is 15.9. The van der Waals surface area contributed by atoms with E-state index >= 15 is 0 Å². The molecule has 3 aromatic carbocycles. The number of rotatable bonds is 14. The average Bonchev–Trinajstić information content (AvgIpc) is 3.04. The van der Waals surface area contributed by atoms with Crippen LogP contribution in [0.25, 0.3) is 0 Å². The lowest BCUT2D eigenvalue weighted by Gasteiger charge is -2.22. The first-order valence-corrected chi connectivity index (χ1v) is 15.8. The van der Waals surface area contributed by atoms with Gasteiger partial charge in [0.1, 0.15) is 5.75 Å². The molecule has 1 saturated carbocycles. The SMILES string of the molecule is COc1ccc(S(=O)(=O)N(CC(=O)N/N=C\c2ccc(OCC(=O)NC3CCCCC3)cc2)Cc2ccccc2)cc1OC. The van der Waals surface area contributed by atoms with Gasteiger partial charge in [-0.25, -0.2) is 13.8 Å². The first-order chi connectivity index (χ1) is 21.3. The number of hydrogen-bond donors (Lipinski definition) is 2. The third kappa shape index (κ3) is 9.29. The summed E-state index contributed by atoms with van der Waals surface area (Å²) in [6.45, 7) is -0.570. The predicted octanol–water partition coefficient (Wildman–Crippen LogP) is 3.87. The van der Waals surface area contributed by atoms with Crippen LogP contribution in [0.1, 0.15) is 43.2 Å². The Bertz CT molecular complexity index is 1520. The molecule has 1 fully saturated rings. The van der Waals surface area contributed by atoms with Crippen molar-refractivity contribution in [3.05, 3.63) is 83.9 Å². The summed E-state index contributed by atoms with van der Waals surface area (Å²) in [6, 6.07) is 20.3. The molecule has 3 aromatic rings. The van der Waals surface area contributed by atoms with Gasteiger partial charge >= 0.3 is 0 Å². The molecule has 0 saturated heterocycles. The number of sulfonamides is 1. The maximum absolute atomic E-state index is 13.6. The minimum absolute atomic E-state index is 0.0329. The van der Waals surface area contributed by atoms with Gasteiger partial charge in [0, 0.05) is 18.7 Å². The van der Waals surface area contributed by atoms with E-state index in [0.717, 1.165) is 30.0 Å². The molecule has 44 heavy (non-hydrogen) atoms. The van der Waals surface area contributed by atoms with Crippen LogP contribution in [-0.4, -0.2) is 64.2 Å². The molecule has 234 valence electrons. The zero-order valence-electron chi connectivity index (χ0n) is 24.9. The van der Waals surface area contributed by atoms with E-state index in [-0.39, 0.29) is 35.7 Å². The Morgan fingerprint density at radius 3 is 2.30 bits per heavy atom. The zero-order chi connectivity index (χ0) is 31.4. The fourth-order valence-electron chi connectivity index (χ4n) is 4.83. The summed E-state index contributed by atoms with van der Waals surface area (Å²) in [5.41, 5.74) is 3.78. The standard InChI is InChI=1S/C32H38N4O7S/c1-41-29-18-17-28(19-30(29)42-2)44(39,40)36(21-25-9-5-3-6-10-25)22-31(37)35-33-20-24-13-15-27(16-14-24)43-23-32(38)34-26-11-7-4-8-12-26/h3,5-6,9-10,13-20,26H,4,7-8,11-12,21-23H2,1-2H3,(H,34,38)(H,35,37)/b33-20-. The lowest BCUT2D eigenvalue weighted by molar-refractivity contribution is -0.124. The van der Waals surface area contributed by atoms with E-state index in [1.165, 1.54) is 45.1 Å². The minimum atomic E-state index is -4.11. The molecular formula is C32H38N4O7S. The first-order valence-electron chi connectivity index (χ1n) is 14.4. The lowest BCUT2D eigenvalue weighted by Crippen LogP contribution is -2.39. The number of ether oxygens (including phenoxy) is 3. The summed E-state index contributed by atoms with van der Waals surface area (Å²) in [6.07, 6.45) is 6.95. The van der Waals surface area contributed by atoms with Crippen molar-refractivity contribution in [3.8, 4) is 17.2 Å². The van der Waals surface area contributed by atoms with Gasteiger partial charge in [0.2, 0.25) is 10.0 Å². The van der Waals surface area contributed by atoms with Crippen LogP contribution in [0.4, 0.5) is 0 Å². The third-order valence-electron chi connectivity index (χ3n) is 7.14. The molecule has 0 aliphatic heterocycles. The summed E-state index contributed by atoms with van der Waals surface area (Å²) >= 11 is 0. The highest BCUT2D eigenvalue weighted by atomic mass is 32.2. The Morgan fingerprint density at radius 1 is 0.909 bits per heavy atom. The molecule has 0 heterocycles. The van der Waals surface area contributed by atoms with Crippen LogP contribution < -0.4 is 25.0 Å². The Balaban J connectivity index is 1.35. The van der Waals surface area contributed by atoms with Crippen LogP contribution >= 0.6 is 0 Å². The second-order valence-electron chi connectivity index (χ2n) is 10.3. The fourth-order valence-corrected chi connectivity index (χ4v) is 6.23. The molecule has 2 amide bonds. The summed E-state index contributed by atoms with van der Waals surface area (Å²) in [5, 5.41) is 7.00. The molecule has 1 aliphatic rings. The van der Waals surface area contributed by atoms with Gasteiger partial charge in [-0.05, 0) is 60.4 Å². The van der Waals surface area contributed by atoms with Gasteiger partial charge in [-0.3, -0.25) is 9.59 Å². The highest BCUT2D eigenvalue weighted by Gasteiger charge is 2.28. The number of nitrogens with one attached hydrogen (secondary N) is 2. The smallest absolute Gasteiger partial charge is 0.258 e. The number of hydrogen-bond acceptors (Lipinski definition) is 8. The van der Waals surface area contributed by atoms with Crippen LogP contribution in [0.5, 0.6) is 17.2 Å². The quantitative estimate of drug-likeness (QED) is 0.206. The number of methoxy groups -OCH3 is 2. The third-order valence-corrected chi connectivity index (χ3v) is 8.93. The van der Waals surface area contributed by atoms with Crippen molar-refractivity contribution < 1.29 is 32.2 Å². The number of carbonyl (C=O) groups excluding carboxylic acids is 2. The van der Waals surface area contributed by atoms with Gasteiger partial charge in [0.15, 0.2) is 18.1 Å². The van der Waals surface area contributed by atoms with Crippen molar-refractivity contribution in [3.63, 3.8) is 0 Å². The van der Waals surface area contributed by atoms with Crippen LogP contribution in [0, 0.1) is 0 Å². The van der Waals surface area contributed by atoms with E-state index in [2.05, 4.69) is 15.8 Å². The van der Waals surface area contributed by atoms with E-state index in [9.17, 15) is 18.0 Å². The van der Waals surface area contributed by atoms with Crippen LogP contribution in [0.15, 0.2) is 82.8 Å². The number of benzene rings is 3. The van der Waals surface area contributed by atoms with Crippen LogP contribution in [-0.2, 0) is 26.2 Å². The Labute approximate surface area is 258 Å². The second-order valence-corrected chi connectivity index (χ2v) is 12.3. The molecule has 4 rings (SSSR count). The predicted molar refractivity (Wildman–Crippen MR) is 166 cm³/mol. The molecule has 0 bridgehead atoms. The van der Waals surface area contributed by atoms with Crippen molar-refractivity contribution >= 4 is 28.1 Å². The molecule has 0 aromatic heterocycles. The molecule has 12 heteroatoms. The van der Waals surface area contributed by atoms with Gasteiger partial charge in [-0.2, -0.15) is 9.41 Å². The van der Waals surface area contributed by atoms with E-state index in [4.69, 9.17) is 14.2 Å². The largest absolute Gasteiger partial charge is 0.493 e. The Kier molecular flexibility index (Phi) is 11.7. The lowest BCUT2D eigenvalue weighted by atomic mass is 9.95. The monoisotopic (exact) mass is 622 g/mol.